The minimum atomic E-state index is 0.116. The Kier molecular flexibility index (Phi) is 7.09. The highest BCUT2D eigenvalue weighted by Crippen LogP contribution is 2.23. The van der Waals surface area contributed by atoms with Gasteiger partial charge >= 0.3 is 0 Å². The van der Waals surface area contributed by atoms with Crippen LogP contribution >= 0.6 is 11.3 Å². The fraction of sp³-hybridized carbons (Fsp3) is 0.261. The van der Waals surface area contributed by atoms with Crippen LogP contribution in [0.2, 0.25) is 0 Å². The molecular weight excluding hydrogens is 370 g/mol. The maximum atomic E-state index is 13.1. The van der Waals surface area contributed by atoms with Gasteiger partial charge in [-0.1, -0.05) is 42.5 Å². The van der Waals surface area contributed by atoms with Crippen LogP contribution in [0.1, 0.15) is 22.4 Å². The summed E-state index contributed by atoms with van der Waals surface area (Å²) < 4.78 is 10.9. The van der Waals surface area contributed by atoms with Gasteiger partial charge in [-0.3, -0.25) is 4.79 Å². The third-order valence-corrected chi connectivity index (χ3v) is 5.50. The first-order chi connectivity index (χ1) is 13.7. The van der Waals surface area contributed by atoms with Crippen LogP contribution in [0.25, 0.3) is 0 Å². The second kappa shape index (κ2) is 9.95. The lowest BCUT2D eigenvalue weighted by Gasteiger charge is -2.23. The molecule has 0 saturated carbocycles. The normalized spacial score (nSPS) is 10.5. The molecule has 0 fully saturated rings. The molecule has 0 atom stereocenters. The average molecular weight is 396 g/mol. The van der Waals surface area contributed by atoms with Crippen molar-refractivity contribution >= 4 is 17.2 Å². The van der Waals surface area contributed by atoms with E-state index in [9.17, 15) is 4.79 Å². The van der Waals surface area contributed by atoms with Crippen molar-refractivity contribution in [2.75, 3.05) is 14.2 Å². The lowest BCUT2D eigenvalue weighted by molar-refractivity contribution is -0.132. The Labute approximate surface area is 170 Å². The second-order valence-electron chi connectivity index (χ2n) is 6.45. The Morgan fingerprint density at radius 3 is 2.14 bits per heavy atom. The molecule has 0 radical (unpaired) electrons. The summed E-state index contributed by atoms with van der Waals surface area (Å²) in [7, 11) is 3.32. The Morgan fingerprint density at radius 2 is 1.50 bits per heavy atom. The first kappa shape index (κ1) is 20.0. The van der Waals surface area contributed by atoms with E-state index in [1.54, 1.807) is 25.6 Å². The molecule has 4 nitrogen and oxygen atoms in total. The molecule has 0 saturated heterocycles. The van der Waals surface area contributed by atoms with Gasteiger partial charge in [-0.25, -0.2) is 0 Å². The van der Waals surface area contributed by atoms with Crippen LogP contribution in [0.5, 0.6) is 11.5 Å². The summed E-state index contributed by atoms with van der Waals surface area (Å²) in [5, 5.41) is 2.04. The third-order valence-electron chi connectivity index (χ3n) is 4.63. The molecule has 1 amide bonds. The zero-order chi connectivity index (χ0) is 19.8. The first-order valence-corrected chi connectivity index (χ1v) is 10.1. The van der Waals surface area contributed by atoms with Crippen LogP contribution in [-0.4, -0.2) is 25.0 Å². The van der Waals surface area contributed by atoms with E-state index in [4.69, 9.17) is 9.47 Å². The van der Waals surface area contributed by atoms with Crippen molar-refractivity contribution in [2.45, 2.75) is 25.9 Å². The van der Waals surface area contributed by atoms with Crippen LogP contribution in [0, 0.1) is 0 Å². The number of para-hydroxylation sites is 2. The molecule has 0 spiro atoms. The van der Waals surface area contributed by atoms with Crippen LogP contribution in [-0.2, 0) is 24.3 Å². The molecule has 146 valence electrons. The highest BCUT2D eigenvalue weighted by Gasteiger charge is 2.17. The fourth-order valence-electron chi connectivity index (χ4n) is 3.17. The van der Waals surface area contributed by atoms with Gasteiger partial charge in [-0.15, -0.1) is 11.3 Å². The molecule has 0 aliphatic heterocycles. The topological polar surface area (TPSA) is 38.8 Å². The molecular formula is C23H25NO3S. The van der Waals surface area contributed by atoms with Gasteiger partial charge in [0.25, 0.3) is 0 Å². The number of amides is 1. The van der Waals surface area contributed by atoms with E-state index in [1.807, 2.05) is 64.9 Å². The third kappa shape index (κ3) is 5.14. The van der Waals surface area contributed by atoms with Crippen molar-refractivity contribution < 1.29 is 14.3 Å². The Balaban J connectivity index is 1.74. The summed E-state index contributed by atoms with van der Waals surface area (Å²) in [6.07, 6.45) is 1.08. The fourth-order valence-corrected chi connectivity index (χ4v) is 3.89. The van der Waals surface area contributed by atoms with E-state index in [1.165, 1.54) is 4.88 Å². The van der Waals surface area contributed by atoms with Crippen molar-refractivity contribution in [1.82, 2.24) is 4.90 Å². The minimum absolute atomic E-state index is 0.116. The smallest absolute Gasteiger partial charge is 0.223 e. The number of methoxy groups -OCH3 is 2. The van der Waals surface area contributed by atoms with Crippen molar-refractivity contribution in [3.8, 4) is 11.5 Å². The largest absolute Gasteiger partial charge is 0.496 e. The second-order valence-corrected chi connectivity index (χ2v) is 7.49. The molecule has 28 heavy (non-hydrogen) atoms. The Morgan fingerprint density at radius 1 is 0.857 bits per heavy atom. The number of ether oxygens (including phenoxy) is 2. The number of nitrogens with zero attached hydrogens (tertiary/aromatic N) is 1. The highest BCUT2D eigenvalue weighted by atomic mass is 32.1. The summed E-state index contributed by atoms with van der Waals surface area (Å²) in [6.45, 7) is 1.12. The van der Waals surface area contributed by atoms with Gasteiger partial charge in [0, 0.05) is 23.4 Å². The van der Waals surface area contributed by atoms with Gasteiger partial charge < -0.3 is 14.4 Å². The summed E-state index contributed by atoms with van der Waals surface area (Å²) in [5.74, 6) is 1.74. The summed E-state index contributed by atoms with van der Waals surface area (Å²) >= 11 is 1.66. The van der Waals surface area contributed by atoms with E-state index in [-0.39, 0.29) is 5.91 Å². The number of rotatable bonds is 9. The van der Waals surface area contributed by atoms with E-state index >= 15 is 0 Å². The Hall–Kier alpha value is -2.79. The van der Waals surface area contributed by atoms with Crippen molar-refractivity contribution in [2.24, 2.45) is 0 Å². The molecule has 2 aromatic carbocycles. The minimum Gasteiger partial charge on any atom is -0.496 e. The molecule has 1 heterocycles. The van der Waals surface area contributed by atoms with Gasteiger partial charge in [-0.05, 0) is 35.6 Å². The van der Waals surface area contributed by atoms with Crippen molar-refractivity contribution in [3.63, 3.8) is 0 Å². The quantitative estimate of drug-likeness (QED) is 0.516. The van der Waals surface area contributed by atoms with Crippen molar-refractivity contribution in [3.05, 3.63) is 82.0 Å². The monoisotopic (exact) mass is 395 g/mol. The maximum Gasteiger partial charge on any atom is 0.223 e. The van der Waals surface area contributed by atoms with E-state index in [0.29, 0.717) is 25.9 Å². The molecule has 0 N–H and O–H groups in total. The zero-order valence-corrected chi connectivity index (χ0v) is 17.1. The molecule has 5 heteroatoms. The maximum absolute atomic E-state index is 13.1. The number of benzene rings is 2. The van der Waals surface area contributed by atoms with E-state index in [0.717, 1.165) is 22.6 Å². The summed E-state index contributed by atoms with van der Waals surface area (Å²) in [5.41, 5.74) is 2.05. The SMILES string of the molecule is COc1ccccc1CCC(=O)N(Cc1cccs1)Cc1ccccc1OC. The van der Waals surface area contributed by atoms with Crippen LogP contribution in [0.3, 0.4) is 0 Å². The number of hydrogen-bond acceptors (Lipinski definition) is 4. The Bertz CT molecular complexity index is 892. The van der Waals surface area contributed by atoms with Gasteiger partial charge in [-0.2, -0.15) is 0 Å². The average Bonchev–Trinajstić information content (AvgIpc) is 3.25. The number of aryl methyl sites for hydroxylation is 1. The van der Waals surface area contributed by atoms with Crippen LogP contribution in [0.15, 0.2) is 66.0 Å². The molecule has 3 rings (SSSR count). The lowest BCUT2D eigenvalue weighted by Crippen LogP contribution is -2.30. The molecule has 1 aromatic heterocycles. The van der Waals surface area contributed by atoms with Gasteiger partial charge in [0.05, 0.1) is 20.8 Å². The molecule has 0 unspecified atom stereocenters. The number of carbonyl (C=O) groups excluding carboxylic acids is 1. The van der Waals surface area contributed by atoms with E-state index in [2.05, 4.69) is 6.07 Å². The summed E-state index contributed by atoms with van der Waals surface area (Å²) in [4.78, 5) is 16.2. The predicted octanol–water partition coefficient (Wildman–Crippen LogP) is 4.93. The number of thiophene rings is 1. The highest BCUT2D eigenvalue weighted by molar-refractivity contribution is 7.09. The first-order valence-electron chi connectivity index (χ1n) is 9.25. The van der Waals surface area contributed by atoms with E-state index < -0.39 is 0 Å². The molecule has 3 aromatic rings. The zero-order valence-electron chi connectivity index (χ0n) is 16.3. The van der Waals surface area contributed by atoms with Crippen LogP contribution < -0.4 is 9.47 Å². The van der Waals surface area contributed by atoms with Gasteiger partial charge in [0.15, 0.2) is 0 Å². The predicted molar refractivity (Wildman–Crippen MR) is 113 cm³/mol. The van der Waals surface area contributed by atoms with Gasteiger partial charge in [0.1, 0.15) is 11.5 Å². The van der Waals surface area contributed by atoms with Gasteiger partial charge in [0.2, 0.25) is 5.91 Å². The number of hydrogen-bond donors (Lipinski definition) is 0. The standard InChI is InChI=1S/C23H25NO3S/c1-26-21-11-5-3-8-18(21)13-14-23(25)24(17-20-10-7-15-28-20)16-19-9-4-6-12-22(19)27-2/h3-12,15H,13-14,16-17H2,1-2H3. The van der Waals surface area contributed by atoms with Crippen LogP contribution in [0.4, 0.5) is 0 Å². The molecule has 0 aliphatic carbocycles. The molecule has 0 bridgehead atoms. The molecule has 0 aliphatic rings. The van der Waals surface area contributed by atoms with Crippen molar-refractivity contribution in [1.29, 1.82) is 0 Å². The summed E-state index contributed by atoms with van der Waals surface area (Å²) in [6, 6.07) is 19.8. The number of carbonyl (C=O) groups is 1. The lowest BCUT2D eigenvalue weighted by atomic mass is 10.1.